The Kier molecular flexibility index (Phi) is 4.23. The van der Waals surface area contributed by atoms with E-state index in [1.165, 1.54) is 25.7 Å². The van der Waals surface area contributed by atoms with Crippen LogP contribution in [0.2, 0.25) is 0 Å². The predicted octanol–water partition coefficient (Wildman–Crippen LogP) is 0.858. The topological polar surface area (TPSA) is 62.9 Å². The molecule has 5 nitrogen and oxygen atoms in total. The molecule has 0 amide bonds. The van der Waals surface area contributed by atoms with Crippen molar-refractivity contribution >= 4 is 5.96 Å². The smallest absolute Gasteiger partial charge is 0.208 e. The van der Waals surface area contributed by atoms with Crippen LogP contribution in [0.5, 0.6) is 0 Å². The minimum Gasteiger partial charge on any atom is -0.372 e. The van der Waals surface area contributed by atoms with E-state index in [2.05, 4.69) is 24.2 Å². The number of hydrazine groups is 1. The molecule has 1 aliphatic carbocycles. The minimum atomic E-state index is 0.237. The highest BCUT2D eigenvalue weighted by molar-refractivity contribution is 5.79. The van der Waals surface area contributed by atoms with Crippen molar-refractivity contribution < 1.29 is 4.74 Å². The second-order valence-electron chi connectivity index (χ2n) is 5.20. The maximum atomic E-state index is 5.72. The lowest BCUT2D eigenvalue weighted by Crippen LogP contribution is -2.54. The summed E-state index contributed by atoms with van der Waals surface area (Å²) in [5.74, 6) is 6.44. The van der Waals surface area contributed by atoms with Crippen LogP contribution in [-0.4, -0.2) is 42.2 Å². The normalized spacial score (nSPS) is 31.9. The summed E-state index contributed by atoms with van der Waals surface area (Å²) in [6.07, 6.45) is 5.45. The number of nitrogens with one attached hydrogen (secondary N) is 1. The van der Waals surface area contributed by atoms with E-state index in [1.54, 1.807) is 0 Å². The molecule has 5 heteroatoms. The Bertz CT molecular complexity index is 266. The van der Waals surface area contributed by atoms with Gasteiger partial charge in [0.05, 0.1) is 18.2 Å². The van der Waals surface area contributed by atoms with E-state index in [0.717, 1.165) is 19.0 Å². The summed E-state index contributed by atoms with van der Waals surface area (Å²) in [6.45, 7) is 5.90. The molecule has 0 aromatic heterocycles. The van der Waals surface area contributed by atoms with E-state index in [4.69, 9.17) is 15.6 Å². The van der Waals surface area contributed by atoms with E-state index in [0.29, 0.717) is 6.04 Å². The Morgan fingerprint density at radius 3 is 2.35 bits per heavy atom. The molecule has 1 saturated carbocycles. The second-order valence-corrected chi connectivity index (χ2v) is 5.20. The van der Waals surface area contributed by atoms with E-state index >= 15 is 0 Å². The number of hydrogen-bond donors (Lipinski definition) is 2. The van der Waals surface area contributed by atoms with Crippen molar-refractivity contribution in [1.29, 1.82) is 0 Å². The summed E-state index contributed by atoms with van der Waals surface area (Å²) in [4.78, 5) is 6.94. The van der Waals surface area contributed by atoms with E-state index in [-0.39, 0.29) is 12.2 Å². The maximum Gasteiger partial charge on any atom is 0.208 e. The van der Waals surface area contributed by atoms with Crippen LogP contribution < -0.4 is 11.3 Å². The molecule has 0 aromatic carbocycles. The lowest BCUT2D eigenvalue weighted by molar-refractivity contribution is -0.0490. The lowest BCUT2D eigenvalue weighted by Gasteiger charge is -2.37. The summed E-state index contributed by atoms with van der Waals surface area (Å²) in [5.41, 5.74) is 2.76. The van der Waals surface area contributed by atoms with Gasteiger partial charge in [-0.05, 0) is 26.7 Å². The van der Waals surface area contributed by atoms with Crippen LogP contribution in [0.15, 0.2) is 4.99 Å². The quantitative estimate of drug-likeness (QED) is 0.309. The zero-order chi connectivity index (χ0) is 12.3. The second kappa shape index (κ2) is 5.69. The number of ether oxygens (including phenoxy) is 1. The first-order valence-electron chi connectivity index (χ1n) is 6.64. The fourth-order valence-electron chi connectivity index (χ4n) is 2.77. The van der Waals surface area contributed by atoms with Crippen LogP contribution in [0.3, 0.4) is 0 Å². The monoisotopic (exact) mass is 240 g/mol. The van der Waals surface area contributed by atoms with Crippen LogP contribution in [0.1, 0.15) is 39.5 Å². The molecule has 98 valence electrons. The number of morpholine rings is 1. The molecule has 3 N–H and O–H groups in total. The van der Waals surface area contributed by atoms with Crippen molar-refractivity contribution in [2.24, 2.45) is 10.8 Å². The standard InChI is InChI=1S/C12H24N4O/c1-9-7-16(8-10(2)17-9)12(15-13)14-11-5-3-4-6-11/h9-11H,3-8,13H2,1-2H3,(H,14,15)/t9-,10+. The van der Waals surface area contributed by atoms with E-state index < -0.39 is 0 Å². The van der Waals surface area contributed by atoms with Gasteiger partial charge in [-0.3, -0.25) is 5.43 Å². The highest BCUT2D eigenvalue weighted by Gasteiger charge is 2.25. The molecule has 0 bridgehead atoms. The predicted molar refractivity (Wildman–Crippen MR) is 68.6 cm³/mol. The SMILES string of the molecule is C[C@@H]1CN(C(=NC2CCCC2)NN)C[C@H](C)O1. The van der Waals surface area contributed by atoms with E-state index in [1.807, 2.05) is 0 Å². The Balaban J connectivity index is 2.01. The molecule has 0 radical (unpaired) electrons. The van der Waals surface area contributed by atoms with Gasteiger partial charge in [0.1, 0.15) is 0 Å². The first-order chi connectivity index (χ1) is 8.19. The molecule has 0 aromatic rings. The summed E-state index contributed by atoms with van der Waals surface area (Å²) < 4.78 is 5.72. The van der Waals surface area contributed by atoms with Gasteiger partial charge in [-0.1, -0.05) is 12.8 Å². The van der Waals surface area contributed by atoms with Crippen LogP contribution in [0.25, 0.3) is 0 Å². The third-order valence-electron chi connectivity index (χ3n) is 3.48. The molecule has 1 heterocycles. The van der Waals surface area contributed by atoms with Crippen molar-refractivity contribution in [3.05, 3.63) is 0 Å². The molecular formula is C12H24N4O. The van der Waals surface area contributed by atoms with Gasteiger partial charge in [-0.2, -0.15) is 0 Å². The Labute approximate surface area is 103 Å². The third-order valence-corrected chi connectivity index (χ3v) is 3.48. The molecule has 2 atom stereocenters. The van der Waals surface area contributed by atoms with Crippen molar-refractivity contribution in [3.63, 3.8) is 0 Å². The van der Waals surface area contributed by atoms with Gasteiger partial charge in [0, 0.05) is 13.1 Å². The lowest BCUT2D eigenvalue weighted by atomic mass is 10.2. The van der Waals surface area contributed by atoms with Gasteiger partial charge < -0.3 is 9.64 Å². The fraction of sp³-hybridized carbons (Fsp3) is 0.917. The highest BCUT2D eigenvalue weighted by atomic mass is 16.5. The number of guanidine groups is 1. The van der Waals surface area contributed by atoms with Crippen LogP contribution >= 0.6 is 0 Å². The average Bonchev–Trinajstić information content (AvgIpc) is 2.77. The molecule has 2 aliphatic rings. The number of nitrogens with two attached hydrogens (primary N) is 1. The van der Waals surface area contributed by atoms with Gasteiger partial charge in [0.25, 0.3) is 0 Å². The van der Waals surface area contributed by atoms with Crippen LogP contribution in [-0.2, 0) is 4.74 Å². The van der Waals surface area contributed by atoms with E-state index in [9.17, 15) is 0 Å². The summed E-state index contributed by atoms with van der Waals surface area (Å²) in [5, 5.41) is 0. The molecule has 1 saturated heterocycles. The molecule has 17 heavy (non-hydrogen) atoms. The first kappa shape index (κ1) is 12.6. The molecule has 2 fully saturated rings. The number of hydrogen-bond acceptors (Lipinski definition) is 3. The van der Waals surface area contributed by atoms with Gasteiger partial charge >= 0.3 is 0 Å². The third kappa shape index (κ3) is 3.33. The van der Waals surface area contributed by atoms with Crippen LogP contribution in [0.4, 0.5) is 0 Å². The largest absolute Gasteiger partial charge is 0.372 e. The zero-order valence-electron chi connectivity index (χ0n) is 10.9. The van der Waals surface area contributed by atoms with Gasteiger partial charge in [0.2, 0.25) is 5.96 Å². The molecule has 0 spiro atoms. The Morgan fingerprint density at radius 2 is 1.82 bits per heavy atom. The van der Waals surface area contributed by atoms with Crippen molar-refractivity contribution in [2.75, 3.05) is 13.1 Å². The number of nitrogens with zero attached hydrogens (tertiary/aromatic N) is 2. The summed E-state index contributed by atoms with van der Waals surface area (Å²) >= 11 is 0. The zero-order valence-corrected chi connectivity index (χ0v) is 10.9. The Hall–Kier alpha value is -0.810. The van der Waals surface area contributed by atoms with Gasteiger partial charge in [-0.15, -0.1) is 0 Å². The minimum absolute atomic E-state index is 0.237. The summed E-state index contributed by atoms with van der Waals surface area (Å²) in [6, 6.07) is 0.453. The number of aliphatic imine (C=N–C) groups is 1. The van der Waals surface area contributed by atoms with Gasteiger partial charge in [0.15, 0.2) is 0 Å². The maximum absolute atomic E-state index is 5.72. The number of rotatable bonds is 1. The fourth-order valence-corrected chi connectivity index (χ4v) is 2.77. The Morgan fingerprint density at radius 1 is 1.24 bits per heavy atom. The molecule has 0 unspecified atom stereocenters. The van der Waals surface area contributed by atoms with Crippen LogP contribution in [0, 0.1) is 0 Å². The van der Waals surface area contributed by atoms with Crippen molar-refractivity contribution in [1.82, 2.24) is 10.3 Å². The van der Waals surface area contributed by atoms with Gasteiger partial charge in [-0.25, -0.2) is 10.8 Å². The molecule has 1 aliphatic heterocycles. The first-order valence-corrected chi connectivity index (χ1v) is 6.64. The molecular weight excluding hydrogens is 216 g/mol. The van der Waals surface area contributed by atoms with Crippen molar-refractivity contribution in [2.45, 2.75) is 57.8 Å². The summed E-state index contributed by atoms with van der Waals surface area (Å²) in [7, 11) is 0. The molecule has 2 rings (SSSR count). The highest BCUT2D eigenvalue weighted by Crippen LogP contribution is 2.21. The average molecular weight is 240 g/mol. The van der Waals surface area contributed by atoms with Crippen molar-refractivity contribution in [3.8, 4) is 0 Å².